The van der Waals surface area contributed by atoms with E-state index in [0.29, 0.717) is 0 Å². The van der Waals surface area contributed by atoms with Gasteiger partial charge in [-0.3, -0.25) is 4.90 Å². The highest BCUT2D eigenvalue weighted by Crippen LogP contribution is 2.22. The summed E-state index contributed by atoms with van der Waals surface area (Å²) in [6, 6.07) is 0.783. The van der Waals surface area contributed by atoms with Gasteiger partial charge in [-0.05, 0) is 25.3 Å². The van der Waals surface area contributed by atoms with Crippen LogP contribution in [0.3, 0.4) is 0 Å². The van der Waals surface area contributed by atoms with Crippen molar-refractivity contribution >= 4 is 11.8 Å². The zero-order valence-corrected chi connectivity index (χ0v) is 12.5. The Kier molecular flexibility index (Phi) is 8.27. The summed E-state index contributed by atoms with van der Waals surface area (Å²) in [6.45, 7) is 11.1. The Hall–Kier alpha value is 0.230. The molecule has 0 saturated carbocycles. The highest BCUT2D eigenvalue weighted by atomic mass is 32.2. The van der Waals surface area contributed by atoms with E-state index in [-0.39, 0.29) is 0 Å². The Morgan fingerprint density at radius 2 is 1.94 bits per heavy atom. The van der Waals surface area contributed by atoms with Crippen LogP contribution in [0, 0.1) is 0 Å². The van der Waals surface area contributed by atoms with Gasteiger partial charge >= 0.3 is 0 Å². The van der Waals surface area contributed by atoms with Crippen LogP contribution in [0.15, 0.2) is 0 Å². The monoisotopic (exact) mass is 260 g/mol. The molecule has 102 valence electrons. The van der Waals surface area contributed by atoms with E-state index in [2.05, 4.69) is 35.4 Å². The molecule has 1 fully saturated rings. The molecule has 1 aliphatic rings. The number of hydrogen-bond donors (Lipinski definition) is 0. The van der Waals surface area contributed by atoms with Gasteiger partial charge in [-0.1, -0.05) is 13.8 Å². The summed E-state index contributed by atoms with van der Waals surface area (Å²) in [7, 11) is 1.80. The first-order chi connectivity index (χ1) is 8.31. The van der Waals surface area contributed by atoms with Crippen molar-refractivity contribution < 1.29 is 4.74 Å². The molecule has 0 N–H and O–H groups in total. The zero-order valence-electron chi connectivity index (χ0n) is 11.7. The second kappa shape index (κ2) is 9.20. The standard InChI is InChI=1S/C13H28N2OS/c1-4-14(5-2)7-8-15(9-10-16-3)13-6-11-17-12-13/h13H,4-12H2,1-3H3/t13-/m0/s1. The van der Waals surface area contributed by atoms with Gasteiger partial charge in [0.25, 0.3) is 0 Å². The maximum Gasteiger partial charge on any atom is 0.0589 e. The SMILES string of the molecule is CCN(CC)CCN(CCOC)[C@H]1CCSC1. The molecule has 0 bridgehead atoms. The van der Waals surface area contributed by atoms with Crippen molar-refractivity contribution in [3.63, 3.8) is 0 Å². The molecule has 1 saturated heterocycles. The Morgan fingerprint density at radius 1 is 1.18 bits per heavy atom. The third-order valence-electron chi connectivity index (χ3n) is 3.60. The number of ether oxygens (including phenoxy) is 1. The molecule has 1 heterocycles. The van der Waals surface area contributed by atoms with Gasteiger partial charge in [0.15, 0.2) is 0 Å². The highest BCUT2D eigenvalue weighted by molar-refractivity contribution is 7.99. The number of likely N-dealkylation sites (N-methyl/N-ethyl adjacent to an activating group) is 1. The fourth-order valence-electron chi connectivity index (χ4n) is 2.31. The lowest BCUT2D eigenvalue weighted by atomic mass is 10.2. The molecule has 0 unspecified atom stereocenters. The summed E-state index contributed by atoms with van der Waals surface area (Å²) in [6.07, 6.45) is 1.35. The van der Waals surface area contributed by atoms with Crippen molar-refractivity contribution in [2.24, 2.45) is 0 Å². The maximum absolute atomic E-state index is 5.23. The molecule has 0 amide bonds. The van der Waals surface area contributed by atoms with Crippen LogP contribution in [-0.4, -0.2) is 73.8 Å². The topological polar surface area (TPSA) is 15.7 Å². The minimum atomic E-state index is 0.783. The second-order valence-electron chi connectivity index (χ2n) is 4.57. The van der Waals surface area contributed by atoms with Gasteiger partial charge in [-0.15, -0.1) is 0 Å². The van der Waals surface area contributed by atoms with E-state index in [9.17, 15) is 0 Å². The quantitative estimate of drug-likeness (QED) is 0.628. The first-order valence-corrected chi connectivity index (χ1v) is 8.00. The lowest BCUT2D eigenvalue weighted by Crippen LogP contribution is -2.42. The number of thioether (sulfide) groups is 1. The van der Waals surface area contributed by atoms with Crippen molar-refractivity contribution in [1.82, 2.24) is 9.80 Å². The first-order valence-electron chi connectivity index (χ1n) is 6.84. The van der Waals surface area contributed by atoms with Gasteiger partial charge < -0.3 is 9.64 Å². The largest absolute Gasteiger partial charge is 0.383 e. The molecule has 1 aliphatic heterocycles. The molecule has 0 aromatic heterocycles. The van der Waals surface area contributed by atoms with E-state index in [1.165, 1.54) is 31.0 Å². The minimum Gasteiger partial charge on any atom is -0.383 e. The van der Waals surface area contributed by atoms with Crippen molar-refractivity contribution in [3.8, 4) is 0 Å². The Labute approximate surface area is 111 Å². The average Bonchev–Trinajstić information content (AvgIpc) is 2.87. The number of rotatable bonds is 9. The number of methoxy groups -OCH3 is 1. The fraction of sp³-hybridized carbons (Fsp3) is 1.00. The van der Waals surface area contributed by atoms with E-state index in [1.807, 2.05) is 0 Å². The molecule has 1 rings (SSSR count). The van der Waals surface area contributed by atoms with E-state index in [4.69, 9.17) is 4.74 Å². The average molecular weight is 260 g/mol. The molecule has 0 aliphatic carbocycles. The molecule has 4 heteroatoms. The van der Waals surface area contributed by atoms with Crippen LogP contribution in [0.25, 0.3) is 0 Å². The van der Waals surface area contributed by atoms with Crippen LogP contribution in [0.5, 0.6) is 0 Å². The summed E-state index contributed by atoms with van der Waals surface area (Å²) >= 11 is 2.09. The van der Waals surface area contributed by atoms with Gasteiger partial charge in [0.2, 0.25) is 0 Å². The van der Waals surface area contributed by atoms with Gasteiger partial charge in [0, 0.05) is 38.5 Å². The van der Waals surface area contributed by atoms with Gasteiger partial charge in [-0.25, -0.2) is 0 Å². The second-order valence-corrected chi connectivity index (χ2v) is 5.72. The Balaban J connectivity index is 2.33. The molecular formula is C13H28N2OS. The van der Waals surface area contributed by atoms with Crippen LogP contribution in [-0.2, 0) is 4.74 Å². The third kappa shape index (κ3) is 5.60. The molecule has 0 spiro atoms. The van der Waals surface area contributed by atoms with Crippen molar-refractivity contribution in [1.29, 1.82) is 0 Å². The fourth-order valence-corrected chi connectivity index (χ4v) is 3.56. The number of nitrogens with zero attached hydrogens (tertiary/aromatic N) is 2. The predicted octanol–water partition coefficient (Wildman–Crippen LogP) is 1.78. The van der Waals surface area contributed by atoms with Crippen LogP contribution < -0.4 is 0 Å². The van der Waals surface area contributed by atoms with Gasteiger partial charge in [-0.2, -0.15) is 11.8 Å². The third-order valence-corrected chi connectivity index (χ3v) is 4.75. The molecular weight excluding hydrogens is 232 g/mol. The summed E-state index contributed by atoms with van der Waals surface area (Å²) < 4.78 is 5.23. The van der Waals surface area contributed by atoms with Crippen molar-refractivity contribution in [2.75, 3.05) is 57.9 Å². The lowest BCUT2D eigenvalue weighted by Gasteiger charge is -2.30. The van der Waals surface area contributed by atoms with Gasteiger partial charge in [0.05, 0.1) is 6.61 Å². The smallest absolute Gasteiger partial charge is 0.0589 e. The summed E-state index contributed by atoms with van der Waals surface area (Å²) in [5.74, 6) is 2.64. The Morgan fingerprint density at radius 3 is 2.47 bits per heavy atom. The van der Waals surface area contributed by atoms with Crippen LogP contribution in [0.2, 0.25) is 0 Å². The van der Waals surface area contributed by atoms with Crippen molar-refractivity contribution in [2.45, 2.75) is 26.3 Å². The van der Waals surface area contributed by atoms with E-state index in [0.717, 1.165) is 32.3 Å². The summed E-state index contributed by atoms with van der Waals surface area (Å²) in [4.78, 5) is 5.13. The molecule has 1 atom stereocenters. The lowest BCUT2D eigenvalue weighted by molar-refractivity contribution is 0.115. The highest BCUT2D eigenvalue weighted by Gasteiger charge is 2.22. The molecule has 3 nitrogen and oxygen atoms in total. The van der Waals surface area contributed by atoms with Crippen LogP contribution >= 0.6 is 11.8 Å². The van der Waals surface area contributed by atoms with Crippen LogP contribution in [0.1, 0.15) is 20.3 Å². The van der Waals surface area contributed by atoms with E-state index >= 15 is 0 Å². The van der Waals surface area contributed by atoms with Crippen molar-refractivity contribution in [3.05, 3.63) is 0 Å². The summed E-state index contributed by atoms with van der Waals surface area (Å²) in [5.41, 5.74) is 0. The van der Waals surface area contributed by atoms with E-state index < -0.39 is 0 Å². The molecule has 17 heavy (non-hydrogen) atoms. The van der Waals surface area contributed by atoms with Crippen LogP contribution in [0.4, 0.5) is 0 Å². The normalized spacial score (nSPS) is 20.6. The molecule has 0 aromatic rings. The predicted molar refractivity (Wildman–Crippen MR) is 77.0 cm³/mol. The first kappa shape index (κ1) is 15.3. The minimum absolute atomic E-state index is 0.783. The number of hydrogen-bond acceptors (Lipinski definition) is 4. The maximum atomic E-state index is 5.23. The van der Waals surface area contributed by atoms with Gasteiger partial charge in [0.1, 0.15) is 0 Å². The molecule has 0 aromatic carbocycles. The Bertz CT molecular complexity index is 182. The van der Waals surface area contributed by atoms with E-state index in [1.54, 1.807) is 7.11 Å². The molecule has 0 radical (unpaired) electrons. The zero-order chi connectivity index (χ0) is 12.5. The summed E-state index contributed by atoms with van der Waals surface area (Å²) in [5, 5.41) is 0.